The van der Waals surface area contributed by atoms with Gasteiger partial charge in [0.15, 0.2) is 5.65 Å². The van der Waals surface area contributed by atoms with Crippen LogP contribution in [-0.4, -0.2) is 57.9 Å². The Morgan fingerprint density at radius 3 is 3.00 bits per heavy atom. The number of aryl methyl sites for hydroxylation is 1. The largest absolute Gasteiger partial charge is 0.383 e. The summed E-state index contributed by atoms with van der Waals surface area (Å²) in [4.78, 5) is 10.5. The highest BCUT2D eigenvalue weighted by Crippen LogP contribution is 2.19. The van der Waals surface area contributed by atoms with Crippen molar-refractivity contribution in [3.8, 4) is 0 Å². The molecule has 0 aromatic carbocycles. The fourth-order valence-corrected chi connectivity index (χ4v) is 2.43. The van der Waals surface area contributed by atoms with Crippen molar-refractivity contribution >= 4 is 16.9 Å². The molecule has 2 aromatic rings. The van der Waals surface area contributed by atoms with Crippen LogP contribution < -0.4 is 5.73 Å². The van der Waals surface area contributed by atoms with Crippen LogP contribution in [0.3, 0.4) is 0 Å². The fraction of sp³-hybridized carbons (Fsp3) is 0.583. The fourth-order valence-electron chi connectivity index (χ4n) is 2.43. The molecule has 1 aliphatic rings. The van der Waals surface area contributed by atoms with Crippen molar-refractivity contribution in [1.82, 2.24) is 25.1 Å². The van der Waals surface area contributed by atoms with Gasteiger partial charge in [0.1, 0.15) is 12.1 Å². The van der Waals surface area contributed by atoms with Gasteiger partial charge in [0, 0.05) is 18.8 Å². The number of anilines is 1. The number of nitrogens with one attached hydrogen (secondary N) is 1. The number of nitrogens with zero attached hydrogens (tertiary/aromatic N) is 4. The summed E-state index contributed by atoms with van der Waals surface area (Å²) in [5.41, 5.74) is 7.55. The standard InChI is InChI=1S/C12H18N6O/c13-11-10-9(16-17-12(10)15-8-14-11)2-1-3-18-4-6-19-7-5-18/h8H,1-7H2,(H3,13,14,15,16,17). The zero-order chi connectivity index (χ0) is 13.1. The van der Waals surface area contributed by atoms with Crippen molar-refractivity contribution in [2.75, 3.05) is 38.6 Å². The molecule has 0 spiro atoms. The van der Waals surface area contributed by atoms with E-state index in [4.69, 9.17) is 10.5 Å². The second-order valence-corrected chi connectivity index (χ2v) is 4.72. The molecule has 7 heteroatoms. The molecule has 19 heavy (non-hydrogen) atoms. The van der Waals surface area contributed by atoms with Gasteiger partial charge >= 0.3 is 0 Å². The molecule has 0 bridgehead atoms. The van der Waals surface area contributed by atoms with E-state index < -0.39 is 0 Å². The number of hydrogen-bond acceptors (Lipinski definition) is 6. The van der Waals surface area contributed by atoms with Crippen LogP contribution in [0.4, 0.5) is 5.82 Å². The van der Waals surface area contributed by atoms with E-state index in [9.17, 15) is 0 Å². The molecule has 2 aromatic heterocycles. The Hall–Kier alpha value is -1.73. The molecule has 3 heterocycles. The zero-order valence-corrected chi connectivity index (χ0v) is 10.8. The Morgan fingerprint density at radius 1 is 1.32 bits per heavy atom. The van der Waals surface area contributed by atoms with E-state index in [2.05, 4.69) is 25.1 Å². The number of H-pyrrole nitrogens is 1. The number of fused-ring (bicyclic) bond motifs is 1. The molecule has 0 atom stereocenters. The topological polar surface area (TPSA) is 92.9 Å². The summed E-state index contributed by atoms with van der Waals surface area (Å²) in [6.45, 7) is 4.79. The minimum atomic E-state index is 0.500. The summed E-state index contributed by atoms with van der Waals surface area (Å²) >= 11 is 0. The van der Waals surface area contributed by atoms with Crippen LogP contribution in [0.1, 0.15) is 12.1 Å². The number of hydrogen-bond donors (Lipinski definition) is 2. The number of aromatic amines is 1. The van der Waals surface area contributed by atoms with E-state index in [1.165, 1.54) is 6.33 Å². The van der Waals surface area contributed by atoms with E-state index >= 15 is 0 Å². The highest BCUT2D eigenvalue weighted by atomic mass is 16.5. The van der Waals surface area contributed by atoms with Gasteiger partial charge in [-0.3, -0.25) is 10.00 Å². The average Bonchev–Trinajstić information content (AvgIpc) is 2.85. The highest BCUT2D eigenvalue weighted by molar-refractivity contribution is 5.87. The maximum absolute atomic E-state index is 5.88. The third kappa shape index (κ3) is 2.66. The maximum Gasteiger partial charge on any atom is 0.186 e. The highest BCUT2D eigenvalue weighted by Gasteiger charge is 2.12. The predicted molar refractivity (Wildman–Crippen MR) is 71.7 cm³/mol. The quantitative estimate of drug-likeness (QED) is 0.817. The molecule has 3 rings (SSSR count). The molecule has 1 aliphatic heterocycles. The average molecular weight is 262 g/mol. The van der Waals surface area contributed by atoms with Gasteiger partial charge in [0.05, 0.1) is 18.6 Å². The summed E-state index contributed by atoms with van der Waals surface area (Å²) in [5, 5.41) is 8.04. The number of nitrogen functional groups attached to an aromatic ring is 1. The lowest BCUT2D eigenvalue weighted by atomic mass is 10.1. The summed E-state index contributed by atoms with van der Waals surface area (Å²) in [7, 11) is 0. The minimum Gasteiger partial charge on any atom is -0.383 e. The lowest BCUT2D eigenvalue weighted by Crippen LogP contribution is -2.36. The number of nitrogens with two attached hydrogens (primary N) is 1. The van der Waals surface area contributed by atoms with Gasteiger partial charge in [-0.05, 0) is 19.4 Å². The van der Waals surface area contributed by atoms with Gasteiger partial charge in [-0.15, -0.1) is 0 Å². The first kappa shape index (κ1) is 12.3. The monoisotopic (exact) mass is 262 g/mol. The first-order chi connectivity index (χ1) is 9.34. The number of rotatable bonds is 4. The molecule has 7 nitrogen and oxygen atoms in total. The van der Waals surface area contributed by atoms with Crippen molar-refractivity contribution in [3.05, 3.63) is 12.0 Å². The molecule has 0 unspecified atom stereocenters. The Labute approximate surface area is 111 Å². The van der Waals surface area contributed by atoms with Crippen molar-refractivity contribution in [3.63, 3.8) is 0 Å². The predicted octanol–water partition coefficient (Wildman–Crippen LogP) is 0.200. The zero-order valence-electron chi connectivity index (χ0n) is 10.8. The Balaban J connectivity index is 1.62. The van der Waals surface area contributed by atoms with Gasteiger partial charge in [-0.1, -0.05) is 0 Å². The van der Waals surface area contributed by atoms with Crippen LogP contribution in [0, 0.1) is 0 Å². The van der Waals surface area contributed by atoms with Crippen LogP contribution in [0.2, 0.25) is 0 Å². The molecule has 1 fully saturated rings. The number of morpholine rings is 1. The van der Waals surface area contributed by atoms with Crippen LogP contribution in [0.5, 0.6) is 0 Å². The molecule has 0 amide bonds. The van der Waals surface area contributed by atoms with Crippen molar-refractivity contribution < 1.29 is 4.74 Å². The second-order valence-electron chi connectivity index (χ2n) is 4.72. The molecule has 0 radical (unpaired) electrons. The van der Waals surface area contributed by atoms with E-state index in [0.29, 0.717) is 11.5 Å². The van der Waals surface area contributed by atoms with Crippen molar-refractivity contribution in [1.29, 1.82) is 0 Å². The third-order valence-corrected chi connectivity index (χ3v) is 3.46. The van der Waals surface area contributed by atoms with Gasteiger partial charge in [0.25, 0.3) is 0 Å². The minimum absolute atomic E-state index is 0.500. The Bertz CT molecular complexity index is 548. The molecule has 0 aliphatic carbocycles. The van der Waals surface area contributed by atoms with E-state index in [1.807, 2.05) is 0 Å². The van der Waals surface area contributed by atoms with Crippen molar-refractivity contribution in [2.45, 2.75) is 12.8 Å². The van der Waals surface area contributed by atoms with Gasteiger partial charge in [-0.2, -0.15) is 5.10 Å². The molecule has 1 saturated heterocycles. The van der Waals surface area contributed by atoms with Crippen molar-refractivity contribution in [2.24, 2.45) is 0 Å². The first-order valence-corrected chi connectivity index (χ1v) is 6.58. The van der Waals surface area contributed by atoms with Gasteiger partial charge in [0.2, 0.25) is 0 Å². The van der Waals surface area contributed by atoms with E-state index in [0.717, 1.165) is 56.8 Å². The molecular weight excluding hydrogens is 244 g/mol. The normalized spacial score (nSPS) is 17.1. The summed E-state index contributed by atoms with van der Waals surface area (Å²) in [6, 6.07) is 0. The smallest absolute Gasteiger partial charge is 0.186 e. The molecule has 3 N–H and O–H groups in total. The second kappa shape index (κ2) is 5.50. The lowest BCUT2D eigenvalue weighted by molar-refractivity contribution is 0.0374. The molecular formula is C12H18N6O. The van der Waals surface area contributed by atoms with Gasteiger partial charge in [-0.25, -0.2) is 9.97 Å². The first-order valence-electron chi connectivity index (χ1n) is 6.58. The Kier molecular flexibility index (Phi) is 3.56. The van der Waals surface area contributed by atoms with E-state index in [1.54, 1.807) is 0 Å². The summed E-state index contributed by atoms with van der Waals surface area (Å²) in [5.74, 6) is 0.500. The SMILES string of the molecule is Nc1ncnc2n[nH]c(CCCN3CCOCC3)c12. The van der Waals surface area contributed by atoms with Crippen LogP contribution in [0.25, 0.3) is 11.0 Å². The summed E-state index contributed by atoms with van der Waals surface area (Å²) in [6.07, 6.45) is 3.41. The number of aromatic nitrogens is 4. The van der Waals surface area contributed by atoms with Crippen LogP contribution >= 0.6 is 0 Å². The van der Waals surface area contributed by atoms with Crippen LogP contribution in [0.15, 0.2) is 6.33 Å². The van der Waals surface area contributed by atoms with Gasteiger partial charge < -0.3 is 10.5 Å². The van der Waals surface area contributed by atoms with E-state index in [-0.39, 0.29) is 0 Å². The molecule has 0 saturated carbocycles. The number of ether oxygens (including phenoxy) is 1. The summed E-state index contributed by atoms with van der Waals surface area (Å²) < 4.78 is 5.33. The lowest BCUT2D eigenvalue weighted by Gasteiger charge is -2.26. The molecule has 102 valence electrons. The Morgan fingerprint density at radius 2 is 2.16 bits per heavy atom. The van der Waals surface area contributed by atoms with Crippen LogP contribution in [-0.2, 0) is 11.2 Å². The third-order valence-electron chi connectivity index (χ3n) is 3.46. The maximum atomic E-state index is 5.88.